The van der Waals surface area contributed by atoms with Crippen LogP contribution in [0.25, 0.3) is 0 Å². The van der Waals surface area contributed by atoms with Crippen molar-refractivity contribution < 1.29 is 28.7 Å². The van der Waals surface area contributed by atoms with Gasteiger partial charge in [-0.1, -0.05) is 11.2 Å². The molecule has 1 aliphatic carbocycles. The Labute approximate surface area is 220 Å². The number of benzene rings is 1. The van der Waals surface area contributed by atoms with E-state index < -0.39 is 11.7 Å². The van der Waals surface area contributed by atoms with Gasteiger partial charge in [-0.25, -0.2) is 19.2 Å². The van der Waals surface area contributed by atoms with E-state index in [-0.39, 0.29) is 55.2 Å². The van der Waals surface area contributed by atoms with Crippen molar-refractivity contribution in [2.24, 2.45) is 16.8 Å². The lowest BCUT2D eigenvalue weighted by Crippen LogP contribution is -2.48. The number of halogens is 1. The number of hydrogen-bond donors (Lipinski definition) is 3. The van der Waals surface area contributed by atoms with Gasteiger partial charge in [0.05, 0.1) is 19.4 Å². The lowest BCUT2D eigenvalue weighted by molar-refractivity contribution is 0.0162. The van der Waals surface area contributed by atoms with Crippen LogP contribution in [0.4, 0.5) is 9.18 Å². The molecule has 2 aliphatic rings. The molecule has 2 aromatic rings. The number of aromatic nitrogens is 2. The average Bonchev–Trinajstić information content (AvgIpc) is 3.41. The summed E-state index contributed by atoms with van der Waals surface area (Å²) in [4.78, 5) is 40.5. The zero-order valence-corrected chi connectivity index (χ0v) is 21.5. The number of aryl methyl sites for hydroxylation is 1. The fourth-order valence-electron chi connectivity index (χ4n) is 5.06. The van der Waals surface area contributed by atoms with E-state index in [0.29, 0.717) is 23.7 Å². The van der Waals surface area contributed by atoms with Crippen LogP contribution in [0.5, 0.6) is 5.75 Å². The summed E-state index contributed by atoms with van der Waals surface area (Å²) in [7, 11) is 1.40. The standard InChI is InChI=1S/C26H33FN6O5/c1-15-30-20(12-22(31-15)25(28)35)21-13-23(38-32-21)17-4-6-18(7-5-17)33(26(36)29-9-10-34)14-16-3-8-19(27)24(11-16)37-2/h3,8,11-12,17-18,23,34H,4-7,9-10,13-14H2,1-2H3,(H2,28,35)(H,29,36). The number of nitrogens with two attached hydrogens (primary N) is 1. The van der Waals surface area contributed by atoms with Gasteiger partial charge in [0, 0.05) is 25.6 Å². The van der Waals surface area contributed by atoms with Gasteiger partial charge in [0.25, 0.3) is 5.91 Å². The van der Waals surface area contributed by atoms with Gasteiger partial charge in [-0.2, -0.15) is 0 Å². The molecule has 4 N–H and O–H groups in total. The van der Waals surface area contributed by atoms with Gasteiger partial charge in [0.15, 0.2) is 11.6 Å². The number of nitrogens with one attached hydrogen (secondary N) is 1. The molecule has 0 saturated heterocycles. The molecule has 12 heteroatoms. The number of primary amides is 1. The van der Waals surface area contributed by atoms with E-state index in [0.717, 1.165) is 31.2 Å². The van der Waals surface area contributed by atoms with Crippen LogP contribution in [0.2, 0.25) is 0 Å². The topological polar surface area (TPSA) is 152 Å². The van der Waals surface area contributed by atoms with E-state index in [1.54, 1.807) is 24.0 Å². The van der Waals surface area contributed by atoms with Crippen molar-refractivity contribution in [2.75, 3.05) is 20.3 Å². The van der Waals surface area contributed by atoms with Gasteiger partial charge in [-0.15, -0.1) is 0 Å². The van der Waals surface area contributed by atoms with Crippen molar-refractivity contribution in [1.29, 1.82) is 0 Å². The molecule has 2 heterocycles. The van der Waals surface area contributed by atoms with Crippen LogP contribution in [-0.4, -0.2) is 70.0 Å². The van der Waals surface area contributed by atoms with Crippen molar-refractivity contribution in [3.8, 4) is 5.75 Å². The van der Waals surface area contributed by atoms with Gasteiger partial charge in [-0.05, 0) is 62.3 Å². The third kappa shape index (κ3) is 6.36. The smallest absolute Gasteiger partial charge is 0.318 e. The van der Waals surface area contributed by atoms with Crippen LogP contribution >= 0.6 is 0 Å². The molecule has 0 radical (unpaired) electrons. The Morgan fingerprint density at radius 2 is 2.00 bits per heavy atom. The molecule has 1 unspecified atom stereocenters. The van der Waals surface area contributed by atoms with Crippen molar-refractivity contribution in [2.45, 2.75) is 57.7 Å². The molecule has 1 aromatic heterocycles. The van der Waals surface area contributed by atoms with Crippen molar-refractivity contribution in [3.63, 3.8) is 0 Å². The normalized spacial score (nSPS) is 20.8. The Kier molecular flexibility index (Phi) is 8.72. The summed E-state index contributed by atoms with van der Waals surface area (Å²) in [6, 6.07) is 5.78. The predicted octanol–water partition coefficient (Wildman–Crippen LogP) is 2.29. The van der Waals surface area contributed by atoms with E-state index in [9.17, 15) is 14.0 Å². The zero-order chi connectivity index (χ0) is 27.2. The summed E-state index contributed by atoms with van der Waals surface area (Å²) in [5.41, 5.74) is 7.45. The Bertz CT molecular complexity index is 1200. The molecular weight excluding hydrogens is 495 g/mol. The molecule has 204 valence electrons. The number of carbonyl (C=O) groups excluding carboxylic acids is 2. The van der Waals surface area contributed by atoms with Gasteiger partial charge in [0.1, 0.15) is 23.3 Å². The molecule has 1 atom stereocenters. The first kappa shape index (κ1) is 27.2. The lowest BCUT2D eigenvalue weighted by atomic mass is 9.80. The number of amides is 3. The first-order valence-electron chi connectivity index (χ1n) is 12.6. The summed E-state index contributed by atoms with van der Waals surface area (Å²) in [6.45, 7) is 1.96. The highest BCUT2D eigenvalue weighted by atomic mass is 19.1. The SMILES string of the molecule is COc1cc(CN(C(=O)NCCO)C2CCC(C3CC(c4cc(C(N)=O)nc(C)n4)=NO3)CC2)ccc1F. The maximum Gasteiger partial charge on any atom is 0.318 e. The van der Waals surface area contributed by atoms with Crippen LogP contribution < -0.4 is 15.8 Å². The summed E-state index contributed by atoms with van der Waals surface area (Å²) >= 11 is 0. The molecule has 0 bridgehead atoms. The van der Waals surface area contributed by atoms with Crippen LogP contribution in [0, 0.1) is 18.7 Å². The average molecular weight is 529 g/mol. The third-order valence-corrected chi connectivity index (χ3v) is 7.00. The van der Waals surface area contributed by atoms with Gasteiger partial charge >= 0.3 is 6.03 Å². The zero-order valence-electron chi connectivity index (χ0n) is 21.5. The number of urea groups is 1. The molecule has 3 amide bonds. The Hall–Kier alpha value is -3.80. The number of carbonyl (C=O) groups is 2. The summed E-state index contributed by atoms with van der Waals surface area (Å²) < 4.78 is 19.0. The van der Waals surface area contributed by atoms with Gasteiger partial charge < -0.3 is 30.6 Å². The summed E-state index contributed by atoms with van der Waals surface area (Å²) in [5, 5.41) is 16.1. The maximum absolute atomic E-state index is 13.9. The van der Waals surface area contributed by atoms with E-state index in [2.05, 4.69) is 20.4 Å². The molecule has 0 spiro atoms. The molecule has 11 nitrogen and oxygen atoms in total. The van der Waals surface area contributed by atoms with Crippen LogP contribution in [0.3, 0.4) is 0 Å². The first-order valence-corrected chi connectivity index (χ1v) is 12.6. The quantitative estimate of drug-likeness (QED) is 0.451. The van der Waals surface area contributed by atoms with Crippen molar-refractivity contribution >= 4 is 17.6 Å². The second kappa shape index (κ2) is 12.2. The number of aliphatic hydroxyl groups is 1. The Morgan fingerprint density at radius 3 is 2.68 bits per heavy atom. The molecule has 1 fully saturated rings. The highest BCUT2D eigenvalue weighted by Gasteiger charge is 2.36. The van der Waals surface area contributed by atoms with Crippen molar-refractivity contribution in [3.05, 3.63) is 52.9 Å². The van der Waals surface area contributed by atoms with E-state index in [1.807, 2.05) is 0 Å². The number of nitrogens with zero attached hydrogens (tertiary/aromatic N) is 4. The number of hydrogen-bond acceptors (Lipinski definition) is 8. The van der Waals surface area contributed by atoms with Crippen LogP contribution in [0.1, 0.15) is 59.7 Å². The van der Waals surface area contributed by atoms with Gasteiger partial charge in [0.2, 0.25) is 0 Å². The van der Waals surface area contributed by atoms with E-state index >= 15 is 0 Å². The minimum absolute atomic E-state index is 0.0366. The Morgan fingerprint density at radius 1 is 1.24 bits per heavy atom. The second-order valence-corrected chi connectivity index (χ2v) is 9.56. The largest absolute Gasteiger partial charge is 0.494 e. The summed E-state index contributed by atoms with van der Waals surface area (Å²) in [5.74, 6) is -0.300. The molecule has 1 saturated carbocycles. The molecule has 1 aliphatic heterocycles. The fourth-order valence-corrected chi connectivity index (χ4v) is 5.06. The molecule has 38 heavy (non-hydrogen) atoms. The number of rotatable bonds is 9. The number of oxime groups is 1. The van der Waals surface area contributed by atoms with Crippen LogP contribution in [-0.2, 0) is 11.4 Å². The van der Waals surface area contributed by atoms with E-state index in [1.165, 1.54) is 19.2 Å². The van der Waals surface area contributed by atoms with Gasteiger partial charge in [-0.3, -0.25) is 4.79 Å². The number of aliphatic hydroxyl groups excluding tert-OH is 1. The highest BCUT2D eigenvalue weighted by Crippen LogP contribution is 2.35. The maximum atomic E-state index is 13.9. The predicted molar refractivity (Wildman–Crippen MR) is 136 cm³/mol. The number of methoxy groups -OCH3 is 1. The van der Waals surface area contributed by atoms with Crippen molar-refractivity contribution in [1.82, 2.24) is 20.2 Å². The minimum Gasteiger partial charge on any atom is -0.494 e. The Balaban J connectivity index is 1.39. The molecular formula is C26H33FN6O5. The number of ether oxygens (including phenoxy) is 1. The third-order valence-electron chi connectivity index (χ3n) is 7.00. The minimum atomic E-state index is -0.627. The van der Waals surface area contributed by atoms with Crippen LogP contribution in [0.15, 0.2) is 29.4 Å². The fraction of sp³-hybridized carbons (Fsp3) is 0.500. The highest BCUT2D eigenvalue weighted by molar-refractivity contribution is 6.01. The monoisotopic (exact) mass is 528 g/mol. The molecule has 4 rings (SSSR count). The second-order valence-electron chi connectivity index (χ2n) is 9.56. The first-order chi connectivity index (χ1) is 18.3. The van der Waals surface area contributed by atoms with E-state index in [4.69, 9.17) is 20.4 Å². The lowest BCUT2D eigenvalue weighted by Gasteiger charge is -2.38. The molecule has 1 aromatic carbocycles. The summed E-state index contributed by atoms with van der Waals surface area (Å²) in [6.07, 6.45) is 3.58.